The largest absolute Gasteiger partial charge is 0.353 e. The van der Waals surface area contributed by atoms with Crippen LogP contribution in [0.1, 0.15) is 37.7 Å². The standard InChI is InChI=1S/C14H17ClFNO/c15-12-7-4-8-13(16)11(12)9-14(18)17-10-5-2-1-3-6-10/h4,7-8,10H,1-3,5-6,9H2,(H,17,18). The monoisotopic (exact) mass is 269 g/mol. The highest BCUT2D eigenvalue weighted by molar-refractivity contribution is 6.31. The molecule has 1 aromatic carbocycles. The first-order chi connectivity index (χ1) is 8.66. The Morgan fingerprint density at radius 3 is 2.72 bits per heavy atom. The van der Waals surface area contributed by atoms with E-state index in [9.17, 15) is 9.18 Å². The van der Waals surface area contributed by atoms with Gasteiger partial charge in [0, 0.05) is 16.6 Å². The first kappa shape index (κ1) is 13.3. The molecule has 2 rings (SSSR count). The number of halogens is 2. The lowest BCUT2D eigenvalue weighted by Crippen LogP contribution is -2.37. The molecule has 1 amide bonds. The molecule has 0 atom stereocenters. The summed E-state index contributed by atoms with van der Waals surface area (Å²) in [6.07, 6.45) is 5.62. The van der Waals surface area contributed by atoms with Gasteiger partial charge in [-0.25, -0.2) is 4.39 Å². The molecule has 0 saturated heterocycles. The van der Waals surface area contributed by atoms with Crippen LogP contribution in [0.5, 0.6) is 0 Å². The minimum Gasteiger partial charge on any atom is -0.353 e. The molecule has 18 heavy (non-hydrogen) atoms. The lowest BCUT2D eigenvalue weighted by atomic mass is 9.95. The molecule has 0 unspecified atom stereocenters. The van der Waals surface area contributed by atoms with Gasteiger partial charge in [-0.3, -0.25) is 4.79 Å². The Morgan fingerprint density at radius 1 is 1.33 bits per heavy atom. The van der Waals surface area contributed by atoms with Gasteiger partial charge in [-0.15, -0.1) is 0 Å². The van der Waals surface area contributed by atoms with Crippen molar-refractivity contribution in [3.63, 3.8) is 0 Å². The number of carbonyl (C=O) groups is 1. The molecular weight excluding hydrogens is 253 g/mol. The summed E-state index contributed by atoms with van der Waals surface area (Å²) in [6.45, 7) is 0. The third-order valence-corrected chi connectivity index (χ3v) is 3.72. The zero-order valence-electron chi connectivity index (χ0n) is 10.2. The highest BCUT2D eigenvalue weighted by atomic mass is 35.5. The van der Waals surface area contributed by atoms with Crippen LogP contribution in [0.15, 0.2) is 18.2 Å². The van der Waals surface area contributed by atoms with Gasteiger partial charge in [0.05, 0.1) is 6.42 Å². The molecule has 98 valence electrons. The number of benzene rings is 1. The van der Waals surface area contributed by atoms with Crippen LogP contribution in [0.2, 0.25) is 5.02 Å². The third-order valence-electron chi connectivity index (χ3n) is 3.37. The minimum atomic E-state index is -0.415. The van der Waals surface area contributed by atoms with Crippen LogP contribution < -0.4 is 5.32 Å². The fraction of sp³-hybridized carbons (Fsp3) is 0.500. The molecule has 1 N–H and O–H groups in total. The molecule has 0 aromatic heterocycles. The number of carbonyl (C=O) groups excluding carboxylic acids is 1. The summed E-state index contributed by atoms with van der Waals surface area (Å²) in [5.74, 6) is -0.560. The van der Waals surface area contributed by atoms with Gasteiger partial charge in [-0.2, -0.15) is 0 Å². The van der Waals surface area contributed by atoms with Crippen molar-refractivity contribution in [3.8, 4) is 0 Å². The molecule has 0 radical (unpaired) electrons. The Kier molecular flexibility index (Phi) is 4.59. The molecule has 1 fully saturated rings. The van der Waals surface area contributed by atoms with Crippen molar-refractivity contribution in [3.05, 3.63) is 34.6 Å². The molecule has 4 heteroatoms. The quantitative estimate of drug-likeness (QED) is 0.894. The van der Waals surface area contributed by atoms with E-state index in [-0.39, 0.29) is 23.9 Å². The summed E-state index contributed by atoms with van der Waals surface area (Å²) < 4.78 is 13.5. The summed E-state index contributed by atoms with van der Waals surface area (Å²) in [6, 6.07) is 4.72. The number of rotatable bonds is 3. The first-order valence-electron chi connectivity index (χ1n) is 6.39. The number of hydrogen-bond donors (Lipinski definition) is 1. The van der Waals surface area contributed by atoms with Crippen LogP contribution in [0, 0.1) is 5.82 Å². The van der Waals surface area contributed by atoms with Gasteiger partial charge < -0.3 is 5.32 Å². The van der Waals surface area contributed by atoms with E-state index in [2.05, 4.69) is 5.32 Å². The van der Waals surface area contributed by atoms with Gasteiger partial charge in [-0.1, -0.05) is 36.9 Å². The molecule has 1 aliphatic carbocycles. The second kappa shape index (κ2) is 6.19. The zero-order chi connectivity index (χ0) is 13.0. The molecular formula is C14H17ClFNO. The summed E-state index contributed by atoms with van der Waals surface area (Å²) in [5, 5.41) is 3.27. The Hall–Kier alpha value is -1.09. The van der Waals surface area contributed by atoms with E-state index >= 15 is 0 Å². The Bertz CT molecular complexity index is 410. The maximum absolute atomic E-state index is 13.5. The second-order valence-corrected chi connectivity index (χ2v) is 5.19. The summed E-state index contributed by atoms with van der Waals surface area (Å²) in [7, 11) is 0. The van der Waals surface area contributed by atoms with Crippen LogP contribution >= 0.6 is 11.6 Å². The second-order valence-electron chi connectivity index (χ2n) is 4.78. The van der Waals surface area contributed by atoms with Crippen molar-refractivity contribution in [1.29, 1.82) is 0 Å². The van der Waals surface area contributed by atoms with E-state index in [0.717, 1.165) is 25.7 Å². The molecule has 1 aromatic rings. The fourth-order valence-electron chi connectivity index (χ4n) is 2.39. The van der Waals surface area contributed by atoms with Crippen molar-refractivity contribution in [1.82, 2.24) is 5.32 Å². The molecule has 0 heterocycles. The lowest BCUT2D eigenvalue weighted by Gasteiger charge is -2.22. The van der Waals surface area contributed by atoms with Crippen LogP contribution in [0.25, 0.3) is 0 Å². The first-order valence-corrected chi connectivity index (χ1v) is 6.77. The van der Waals surface area contributed by atoms with Crippen molar-refractivity contribution in [2.75, 3.05) is 0 Å². The van der Waals surface area contributed by atoms with Crippen molar-refractivity contribution in [2.45, 2.75) is 44.6 Å². The zero-order valence-corrected chi connectivity index (χ0v) is 11.0. The average molecular weight is 270 g/mol. The van der Waals surface area contributed by atoms with Crippen LogP contribution in [0.4, 0.5) is 4.39 Å². The van der Waals surface area contributed by atoms with Gasteiger partial charge in [0.2, 0.25) is 5.91 Å². The van der Waals surface area contributed by atoms with E-state index < -0.39 is 5.82 Å². The predicted molar refractivity (Wildman–Crippen MR) is 70.1 cm³/mol. The number of amides is 1. The maximum atomic E-state index is 13.5. The number of nitrogens with one attached hydrogen (secondary N) is 1. The Morgan fingerprint density at radius 2 is 2.06 bits per heavy atom. The van der Waals surface area contributed by atoms with Gasteiger partial charge >= 0.3 is 0 Å². The summed E-state index contributed by atoms with van der Waals surface area (Å²) in [4.78, 5) is 11.8. The van der Waals surface area contributed by atoms with Crippen molar-refractivity contribution in [2.24, 2.45) is 0 Å². The highest BCUT2D eigenvalue weighted by Gasteiger charge is 2.17. The minimum absolute atomic E-state index is 0.0159. The number of hydrogen-bond acceptors (Lipinski definition) is 1. The van der Waals surface area contributed by atoms with Gasteiger partial charge in [0.15, 0.2) is 0 Å². The maximum Gasteiger partial charge on any atom is 0.224 e. The average Bonchev–Trinajstić information content (AvgIpc) is 2.35. The third kappa shape index (κ3) is 3.45. The van der Waals surface area contributed by atoms with Gasteiger partial charge in [0.25, 0.3) is 0 Å². The van der Waals surface area contributed by atoms with Gasteiger partial charge in [0.1, 0.15) is 5.82 Å². The summed E-state index contributed by atoms with van der Waals surface area (Å²) >= 11 is 5.90. The van der Waals surface area contributed by atoms with Crippen molar-refractivity contribution >= 4 is 17.5 Å². The highest BCUT2D eigenvalue weighted by Crippen LogP contribution is 2.20. The SMILES string of the molecule is O=C(Cc1c(F)cccc1Cl)NC1CCCCC1. The Balaban J connectivity index is 1.94. The van der Waals surface area contributed by atoms with Gasteiger partial charge in [-0.05, 0) is 25.0 Å². The molecule has 2 nitrogen and oxygen atoms in total. The topological polar surface area (TPSA) is 29.1 Å². The van der Waals surface area contributed by atoms with Crippen LogP contribution in [-0.4, -0.2) is 11.9 Å². The van der Waals surface area contributed by atoms with E-state index in [4.69, 9.17) is 11.6 Å². The van der Waals surface area contributed by atoms with E-state index in [0.29, 0.717) is 5.02 Å². The predicted octanol–water partition coefficient (Wildman–Crippen LogP) is 3.47. The molecule has 1 aliphatic rings. The van der Waals surface area contributed by atoms with E-state index in [1.165, 1.54) is 12.5 Å². The lowest BCUT2D eigenvalue weighted by molar-refractivity contribution is -0.121. The van der Waals surface area contributed by atoms with Crippen LogP contribution in [0.3, 0.4) is 0 Å². The molecule has 0 spiro atoms. The summed E-state index contributed by atoms with van der Waals surface area (Å²) in [5.41, 5.74) is 0.285. The van der Waals surface area contributed by atoms with E-state index in [1.54, 1.807) is 12.1 Å². The normalized spacial score (nSPS) is 16.6. The van der Waals surface area contributed by atoms with E-state index in [1.807, 2.05) is 0 Å². The van der Waals surface area contributed by atoms with Crippen LogP contribution in [-0.2, 0) is 11.2 Å². The molecule has 1 saturated carbocycles. The smallest absolute Gasteiger partial charge is 0.224 e. The molecule has 0 aliphatic heterocycles. The Labute approximate surface area is 112 Å². The fourth-order valence-corrected chi connectivity index (χ4v) is 2.62. The molecule has 0 bridgehead atoms. The van der Waals surface area contributed by atoms with Crippen molar-refractivity contribution < 1.29 is 9.18 Å².